The molecule has 2 atom stereocenters. The molecule has 1 saturated carbocycles. The van der Waals surface area contributed by atoms with Crippen LogP contribution >= 0.6 is 11.6 Å². The van der Waals surface area contributed by atoms with Gasteiger partial charge in [0.05, 0.1) is 5.52 Å². The van der Waals surface area contributed by atoms with Crippen LogP contribution in [0.3, 0.4) is 0 Å². The fraction of sp³-hybridized carbons (Fsp3) is 0.412. The quantitative estimate of drug-likeness (QED) is 0.877. The normalized spacial score (nSPS) is 22.1. The highest BCUT2D eigenvalue weighted by Gasteiger charge is 2.23. The minimum absolute atomic E-state index is 0.116. The Labute approximate surface area is 129 Å². The number of nitrogens with zero attached hydrogens (tertiary/aromatic N) is 1. The maximum atomic E-state index is 12.2. The third kappa shape index (κ3) is 3.35. The Morgan fingerprint density at radius 1 is 1.19 bits per heavy atom. The van der Waals surface area contributed by atoms with Gasteiger partial charge in [0.25, 0.3) is 5.91 Å². The van der Waals surface area contributed by atoms with E-state index in [4.69, 9.17) is 11.6 Å². The molecule has 0 spiro atoms. The lowest BCUT2D eigenvalue weighted by Crippen LogP contribution is -2.35. The Balaban J connectivity index is 1.66. The van der Waals surface area contributed by atoms with Crippen molar-refractivity contribution in [3.05, 3.63) is 42.1 Å². The Hall–Kier alpha value is -1.61. The van der Waals surface area contributed by atoms with E-state index in [1.54, 1.807) is 6.07 Å². The topological polar surface area (TPSA) is 42.0 Å². The summed E-state index contributed by atoms with van der Waals surface area (Å²) in [5.74, 6) is 0.264. The van der Waals surface area contributed by atoms with Crippen LogP contribution in [0.25, 0.3) is 10.9 Å². The first-order valence-electron chi connectivity index (χ1n) is 7.52. The number of aromatic nitrogens is 1. The van der Waals surface area contributed by atoms with E-state index >= 15 is 0 Å². The van der Waals surface area contributed by atoms with E-state index in [1.807, 2.05) is 30.3 Å². The maximum absolute atomic E-state index is 12.2. The molecule has 2 unspecified atom stereocenters. The summed E-state index contributed by atoms with van der Waals surface area (Å²) < 4.78 is 0. The zero-order chi connectivity index (χ0) is 14.7. The molecular formula is C17H19ClN2O. The maximum Gasteiger partial charge on any atom is 0.269 e. The van der Waals surface area contributed by atoms with Gasteiger partial charge in [-0.1, -0.05) is 37.1 Å². The summed E-state index contributed by atoms with van der Waals surface area (Å²) in [6.07, 6.45) is 4.55. The number of alkyl halides is 1. The summed E-state index contributed by atoms with van der Waals surface area (Å²) in [6.45, 7) is 0.640. The van der Waals surface area contributed by atoms with Gasteiger partial charge in [0.2, 0.25) is 0 Å². The third-order valence-corrected chi connectivity index (χ3v) is 4.75. The fourth-order valence-corrected chi connectivity index (χ4v) is 3.27. The zero-order valence-electron chi connectivity index (χ0n) is 11.9. The fourth-order valence-electron chi connectivity index (χ4n) is 2.90. The summed E-state index contributed by atoms with van der Waals surface area (Å²) in [6, 6.07) is 11.5. The number of carbonyl (C=O) groups excluding carboxylic acids is 1. The number of nitrogens with one attached hydrogen (secondary N) is 1. The van der Waals surface area contributed by atoms with E-state index in [0.29, 0.717) is 18.2 Å². The highest BCUT2D eigenvalue weighted by atomic mass is 35.5. The van der Waals surface area contributed by atoms with E-state index < -0.39 is 0 Å². The van der Waals surface area contributed by atoms with Gasteiger partial charge in [0.15, 0.2) is 0 Å². The van der Waals surface area contributed by atoms with E-state index in [0.717, 1.165) is 23.7 Å². The Morgan fingerprint density at radius 3 is 2.86 bits per heavy atom. The standard InChI is InChI=1S/C17H19ClN2O/c18-14-7-3-1-6-13(14)11-19-17(21)16-10-9-12-5-2-4-8-15(12)20-16/h2,4-5,8-10,13-14H,1,3,6-7,11H2,(H,19,21). The van der Waals surface area contributed by atoms with Crippen LogP contribution in [0.5, 0.6) is 0 Å². The van der Waals surface area contributed by atoms with Crippen LogP contribution in [0.15, 0.2) is 36.4 Å². The average molecular weight is 303 g/mol. The number of benzene rings is 1. The lowest BCUT2D eigenvalue weighted by Gasteiger charge is -2.27. The molecule has 1 aliphatic rings. The summed E-state index contributed by atoms with van der Waals surface area (Å²) in [5.41, 5.74) is 1.31. The molecule has 110 valence electrons. The van der Waals surface area contributed by atoms with Gasteiger partial charge in [-0.25, -0.2) is 4.98 Å². The monoisotopic (exact) mass is 302 g/mol. The molecule has 0 bridgehead atoms. The van der Waals surface area contributed by atoms with Gasteiger partial charge < -0.3 is 5.32 Å². The SMILES string of the molecule is O=C(NCC1CCCCC1Cl)c1ccc2ccccc2n1. The molecule has 0 radical (unpaired) electrons. The number of fused-ring (bicyclic) bond motifs is 1. The zero-order valence-corrected chi connectivity index (χ0v) is 12.6. The first kappa shape index (κ1) is 14.3. The van der Waals surface area contributed by atoms with Crippen molar-refractivity contribution in [2.45, 2.75) is 31.1 Å². The molecule has 2 aromatic rings. The molecule has 1 aliphatic carbocycles. The molecule has 3 rings (SSSR count). The Kier molecular flexibility index (Phi) is 4.39. The second-order valence-electron chi connectivity index (χ2n) is 5.66. The van der Waals surface area contributed by atoms with Crippen molar-refractivity contribution in [2.24, 2.45) is 5.92 Å². The summed E-state index contributed by atoms with van der Waals surface area (Å²) in [4.78, 5) is 16.6. The van der Waals surface area contributed by atoms with Gasteiger partial charge in [-0.05, 0) is 30.9 Å². The van der Waals surface area contributed by atoms with Gasteiger partial charge in [-0.15, -0.1) is 11.6 Å². The van der Waals surface area contributed by atoms with Crippen LogP contribution in [0.4, 0.5) is 0 Å². The number of rotatable bonds is 3. The highest BCUT2D eigenvalue weighted by Crippen LogP contribution is 2.28. The Morgan fingerprint density at radius 2 is 2.00 bits per heavy atom. The molecule has 0 saturated heterocycles. The second kappa shape index (κ2) is 6.44. The van der Waals surface area contributed by atoms with Crippen LogP contribution < -0.4 is 5.32 Å². The largest absolute Gasteiger partial charge is 0.350 e. The molecule has 1 heterocycles. The molecule has 0 aliphatic heterocycles. The van der Waals surface area contributed by atoms with Crippen molar-refractivity contribution in [2.75, 3.05) is 6.54 Å². The summed E-state index contributed by atoms with van der Waals surface area (Å²) in [7, 11) is 0. The lowest BCUT2D eigenvalue weighted by atomic mass is 9.89. The smallest absolute Gasteiger partial charge is 0.269 e. The first-order chi connectivity index (χ1) is 10.2. The number of pyridine rings is 1. The minimum atomic E-state index is -0.116. The molecule has 3 nitrogen and oxygen atoms in total. The third-order valence-electron chi connectivity index (χ3n) is 4.17. The van der Waals surface area contributed by atoms with Crippen molar-refractivity contribution < 1.29 is 4.79 Å². The summed E-state index contributed by atoms with van der Waals surface area (Å²) >= 11 is 6.32. The first-order valence-corrected chi connectivity index (χ1v) is 7.96. The van der Waals surface area contributed by atoms with Crippen molar-refractivity contribution >= 4 is 28.4 Å². The molecule has 21 heavy (non-hydrogen) atoms. The second-order valence-corrected chi connectivity index (χ2v) is 6.22. The van der Waals surface area contributed by atoms with Gasteiger partial charge in [-0.2, -0.15) is 0 Å². The average Bonchev–Trinajstić information content (AvgIpc) is 2.53. The molecule has 1 aromatic carbocycles. The van der Waals surface area contributed by atoms with Crippen molar-refractivity contribution in [1.29, 1.82) is 0 Å². The molecule has 1 aromatic heterocycles. The van der Waals surface area contributed by atoms with Crippen molar-refractivity contribution in [1.82, 2.24) is 10.3 Å². The molecule has 1 amide bonds. The number of hydrogen-bond donors (Lipinski definition) is 1. The van der Waals surface area contributed by atoms with Crippen LogP contribution in [-0.4, -0.2) is 22.8 Å². The van der Waals surface area contributed by atoms with Gasteiger partial charge in [0, 0.05) is 17.3 Å². The molecule has 4 heteroatoms. The van der Waals surface area contributed by atoms with Crippen LogP contribution in [-0.2, 0) is 0 Å². The van der Waals surface area contributed by atoms with E-state index in [9.17, 15) is 4.79 Å². The minimum Gasteiger partial charge on any atom is -0.350 e. The number of carbonyl (C=O) groups is 1. The molecular weight excluding hydrogens is 284 g/mol. The van der Waals surface area contributed by atoms with Gasteiger partial charge >= 0.3 is 0 Å². The Bertz CT molecular complexity index is 643. The predicted molar refractivity (Wildman–Crippen MR) is 85.7 cm³/mol. The van der Waals surface area contributed by atoms with Crippen LogP contribution in [0.1, 0.15) is 36.2 Å². The van der Waals surface area contributed by atoms with Gasteiger partial charge in [0.1, 0.15) is 5.69 Å². The number of halogens is 1. The van der Waals surface area contributed by atoms with E-state index in [-0.39, 0.29) is 11.3 Å². The van der Waals surface area contributed by atoms with Gasteiger partial charge in [-0.3, -0.25) is 4.79 Å². The molecule has 1 fully saturated rings. The van der Waals surface area contributed by atoms with E-state index in [1.165, 1.54) is 12.8 Å². The van der Waals surface area contributed by atoms with Crippen LogP contribution in [0, 0.1) is 5.92 Å². The van der Waals surface area contributed by atoms with Crippen molar-refractivity contribution in [3.8, 4) is 0 Å². The number of hydrogen-bond acceptors (Lipinski definition) is 2. The summed E-state index contributed by atoms with van der Waals surface area (Å²) in [5, 5.41) is 4.21. The predicted octanol–water partition coefficient (Wildman–Crippen LogP) is 3.76. The molecule has 1 N–H and O–H groups in total. The lowest BCUT2D eigenvalue weighted by molar-refractivity contribution is 0.0939. The number of para-hydroxylation sites is 1. The van der Waals surface area contributed by atoms with E-state index in [2.05, 4.69) is 10.3 Å². The number of amides is 1. The van der Waals surface area contributed by atoms with Crippen LogP contribution in [0.2, 0.25) is 0 Å². The highest BCUT2D eigenvalue weighted by molar-refractivity contribution is 6.20. The van der Waals surface area contributed by atoms with Crippen molar-refractivity contribution in [3.63, 3.8) is 0 Å².